The average Bonchev–Trinajstić information content (AvgIpc) is 2.69. The van der Waals surface area contributed by atoms with Crippen molar-refractivity contribution in [2.75, 3.05) is 0 Å². The highest BCUT2D eigenvalue weighted by atomic mass is 19.4. The van der Waals surface area contributed by atoms with Gasteiger partial charge >= 0.3 is 6.36 Å². The van der Waals surface area contributed by atoms with Crippen molar-refractivity contribution in [3.8, 4) is 17.1 Å². The number of alkyl halides is 3. The minimum Gasteiger partial charge on any atom is -0.406 e. The Morgan fingerprint density at radius 2 is 1.81 bits per heavy atom. The van der Waals surface area contributed by atoms with Gasteiger partial charge in [0.05, 0.1) is 0 Å². The number of halogens is 3. The van der Waals surface area contributed by atoms with E-state index in [1.807, 2.05) is 0 Å². The lowest BCUT2D eigenvalue weighted by molar-refractivity contribution is -0.274. The molecule has 0 aliphatic carbocycles. The molecule has 0 N–H and O–H groups in total. The molecule has 4 nitrogen and oxygen atoms in total. The van der Waals surface area contributed by atoms with Crippen LogP contribution in [0, 0.1) is 0 Å². The van der Waals surface area contributed by atoms with Gasteiger partial charge in [0.15, 0.2) is 0 Å². The second-order valence-electron chi connectivity index (χ2n) is 2.83. The van der Waals surface area contributed by atoms with E-state index in [1.165, 1.54) is 24.3 Å². The third-order valence-electron chi connectivity index (χ3n) is 1.71. The summed E-state index contributed by atoms with van der Waals surface area (Å²) in [5, 5.41) is 3.54. The van der Waals surface area contributed by atoms with Crippen LogP contribution in [0.5, 0.6) is 5.75 Å². The molecule has 2 aromatic rings. The Hall–Kier alpha value is -2.05. The van der Waals surface area contributed by atoms with Gasteiger partial charge in [-0.2, -0.15) is 4.98 Å². The molecule has 7 heteroatoms. The molecule has 0 amide bonds. The van der Waals surface area contributed by atoms with Gasteiger partial charge < -0.3 is 9.26 Å². The highest BCUT2D eigenvalue weighted by Crippen LogP contribution is 2.24. The smallest absolute Gasteiger partial charge is 0.406 e. The van der Waals surface area contributed by atoms with Crippen LogP contribution in [0.1, 0.15) is 0 Å². The first kappa shape index (κ1) is 10.5. The lowest BCUT2D eigenvalue weighted by Gasteiger charge is -2.08. The van der Waals surface area contributed by atoms with Crippen molar-refractivity contribution in [2.24, 2.45) is 0 Å². The van der Waals surface area contributed by atoms with Gasteiger partial charge in [0.25, 0.3) is 0 Å². The molecule has 1 heterocycles. The maximum Gasteiger partial charge on any atom is 0.573 e. The molecule has 0 aliphatic rings. The predicted molar refractivity (Wildman–Crippen MR) is 46.4 cm³/mol. The first-order valence-electron chi connectivity index (χ1n) is 4.17. The highest BCUT2D eigenvalue weighted by molar-refractivity contribution is 5.55. The van der Waals surface area contributed by atoms with E-state index in [1.54, 1.807) is 0 Å². The van der Waals surface area contributed by atoms with Gasteiger partial charge in [-0.25, -0.2) is 0 Å². The molecule has 0 radical (unpaired) electrons. The number of ether oxygens (including phenoxy) is 1. The van der Waals surface area contributed by atoms with Crippen molar-refractivity contribution in [3.05, 3.63) is 30.7 Å². The van der Waals surface area contributed by atoms with Crippen molar-refractivity contribution in [2.45, 2.75) is 6.36 Å². The summed E-state index contributed by atoms with van der Waals surface area (Å²) in [6.45, 7) is 0. The molecule has 0 unspecified atom stereocenters. The Balaban J connectivity index is 2.17. The molecular formula is C9H5F3N2O2. The van der Waals surface area contributed by atoms with Gasteiger partial charge in [0, 0.05) is 5.56 Å². The molecule has 0 bridgehead atoms. The zero-order valence-corrected chi connectivity index (χ0v) is 7.73. The molecule has 0 saturated heterocycles. The van der Waals surface area contributed by atoms with Crippen molar-refractivity contribution in [1.82, 2.24) is 10.1 Å². The largest absolute Gasteiger partial charge is 0.573 e. The van der Waals surface area contributed by atoms with Gasteiger partial charge in [-0.1, -0.05) is 5.16 Å². The van der Waals surface area contributed by atoms with Gasteiger partial charge in [-0.3, -0.25) is 0 Å². The van der Waals surface area contributed by atoms with Crippen LogP contribution in [0.2, 0.25) is 0 Å². The maximum absolute atomic E-state index is 11.9. The number of hydrogen-bond donors (Lipinski definition) is 0. The number of rotatable bonds is 2. The molecule has 0 spiro atoms. The van der Waals surface area contributed by atoms with E-state index in [4.69, 9.17) is 0 Å². The second-order valence-corrected chi connectivity index (χ2v) is 2.83. The van der Waals surface area contributed by atoms with Crippen molar-refractivity contribution in [1.29, 1.82) is 0 Å². The molecule has 1 aromatic heterocycles. The van der Waals surface area contributed by atoms with E-state index in [0.29, 0.717) is 11.4 Å². The number of nitrogens with zero attached hydrogens (tertiary/aromatic N) is 2. The Morgan fingerprint density at radius 1 is 1.12 bits per heavy atom. The molecule has 1 aromatic carbocycles. The van der Waals surface area contributed by atoms with Crippen molar-refractivity contribution in [3.63, 3.8) is 0 Å². The minimum atomic E-state index is -4.69. The standard InChI is InChI=1S/C9H5F3N2O2/c10-9(11,12)16-7-3-1-6(2-4-7)8-13-5-15-14-8/h1-5H. The summed E-state index contributed by atoms with van der Waals surface area (Å²) in [4.78, 5) is 3.75. The van der Waals surface area contributed by atoms with E-state index in [2.05, 4.69) is 19.4 Å². The van der Waals surface area contributed by atoms with Crippen LogP contribution < -0.4 is 4.74 Å². The van der Waals surface area contributed by atoms with Crippen LogP contribution in [-0.2, 0) is 0 Å². The quantitative estimate of drug-likeness (QED) is 0.795. The molecule has 0 saturated carbocycles. The third kappa shape index (κ3) is 2.50. The van der Waals surface area contributed by atoms with E-state index in [0.717, 1.165) is 6.39 Å². The van der Waals surface area contributed by atoms with Crippen molar-refractivity contribution >= 4 is 0 Å². The maximum atomic E-state index is 11.9. The summed E-state index contributed by atoms with van der Waals surface area (Å²) in [5.41, 5.74) is 0.545. The number of aromatic nitrogens is 2. The predicted octanol–water partition coefficient (Wildman–Crippen LogP) is 2.64. The Bertz CT molecular complexity index is 451. The van der Waals surface area contributed by atoms with Crippen molar-refractivity contribution < 1.29 is 22.4 Å². The van der Waals surface area contributed by atoms with E-state index < -0.39 is 6.36 Å². The van der Waals surface area contributed by atoms with Crippen LogP contribution in [0.3, 0.4) is 0 Å². The zero-order valence-electron chi connectivity index (χ0n) is 7.73. The Kier molecular flexibility index (Phi) is 2.51. The van der Waals surface area contributed by atoms with Crippen LogP contribution in [0.15, 0.2) is 35.2 Å². The van der Waals surface area contributed by atoms with Crippen LogP contribution >= 0.6 is 0 Å². The molecule has 84 valence electrons. The van der Waals surface area contributed by atoms with Crippen LogP contribution in [0.4, 0.5) is 13.2 Å². The Labute approximate surface area is 87.6 Å². The fourth-order valence-corrected chi connectivity index (χ4v) is 1.10. The van der Waals surface area contributed by atoms with Gasteiger partial charge in [-0.15, -0.1) is 13.2 Å². The zero-order chi connectivity index (χ0) is 11.6. The molecule has 0 aliphatic heterocycles. The number of benzene rings is 1. The fourth-order valence-electron chi connectivity index (χ4n) is 1.10. The summed E-state index contributed by atoms with van der Waals surface area (Å²) >= 11 is 0. The van der Waals surface area contributed by atoms with Gasteiger partial charge in [0.1, 0.15) is 5.75 Å². The van der Waals surface area contributed by atoms with E-state index in [-0.39, 0.29) is 5.75 Å². The average molecular weight is 230 g/mol. The summed E-state index contributed by atoms with van der Waals surface area (Å²) in [6, 6.07) is 5.18. The summed E-state index contributed by atoms with van der Waals surface area (Å²) in [5.74, 6) is 0.0123. The van der Waals surface area contributed by atoms with Crippen LogP contribution in [-0.4, -0.2) is 16.5 Å². The van der Waals surface area contributed by atoms with E-state index in [9.17, 15) is 13.2 Å². The van der Waals surface area contributed by atoms with E-state index >= 15 is 0 Å². The summed E-state index contributed by atoms with van der Waals surface area (Å²) in [7, 11) is 0. The minimum absolute atomic E-state index is 0.292. The lowest BCUT2D eigenvalue weighted by atomic mass is 10.2. The monoisotopic (exact) mass is 230 g/mol. The van der Waals surface area contributed by atoms with Gasteiger partial charge in [0.2, 0.25) is 12.2 Å². The SMILES string of the molecule is FC(F)(F)Oc1ccc(-c2ncon2)cc1. The first-order valence-corrected chi connectivity index (χ1v) is 4.17. The highest BCUT2D eigenvalue weighted by Gasteiger charge is 2.30. The second kappa shape index (κ2) is 3.84. The lowest BCUT2D eigenvalue weighted by Crippen LogP contribution is -2.16. The molecule has 0 fully saturated rings. The third-order valence-corrected chi connectivity index (χ3v) is 1.71. The first-order chi connectivity index (χ1) is 7.54. The summed E-state index contributed by atoms with van der Waals surface area (Å²) in [6.07, 6.45) is -3.55. The molecular weight excluding hydrogens is 225 g/mol. The topological polar surface area (TPSA) is 48.2 Å². The summed E-state index contributed by atoms with van der Waals surface area (Å²) < 4.78 is 43.8. The normalized spacial score (nSPS) is 11.4. The van der Waals surface area contributed by atoms with Crippen LogP contribution in [0.25, 0.3) is 11.4 Å². The Morgan fingerprint density at radius 3 is 2.31 bits per heavy atom. The van der Waals surface area contributed by atoms with Gasteiger partial charge in [-0.05, 0) is 24.3 Å². The molecule has 0 atom stereocenters. The fraction of sp³-hybridized carbons (Fsp3) is 0.111. The molecule has 2 rings (SSSR count). The number of hydrogen-bond acceptors (Lipinski definition) is 4. The molecule has 16 heavy (non-hydrogen) atoms.